The predicted molar refractivity (Wildman–Crippen MR) is 104 cm³/mol. The van der Waals surface area contributed by atoms with E-state index < -0.39 is 0 Å². The Morgan fingerprint density at radius 2 is 2.08 bits per heavy atom. The fourth-order valence-corrected chi connectivity index (χ4v) is 3.86. The summed E-state index contributed by atoms with van der Waals surface area (Å²) in [6.45, 7) is 5.82. The van der Waals surface area contributed by atoms with Gasteiger partial charge in [0.2, 0.25) is 0 Å². The lowest BCUT2D eigenvalue weighted by Gasteiger charge is -2.11. The van der Waals surface area contributed by atoms with Crippen molar-refractivity contribution < 1.29 is 4.79 Å². The summed E-state index contributed by atoms with van der Waals surface area (Å²) in [7, 11) is 0. The van der Waals surface area contributed by atoms with Crippen molar-refractivity contribution in [1.82, 2.24) is 15.1 Å². The molecule has 2 heterocycles. The standard InChI is InChI=1S/C19H22ClN3OS/c1-3-13(4-2)11-23-12-15-6-5-14(9-17(15)22-23)19(24)21-10-16-7-8-18(20)25-16/h5-9,12-13H,3-4,10-11H2,1-2H3,(H,21,24). The molecule has 25 heavy (non-hydrogen) atoms. The summed E-state index contributed by atoms with van der Waals surface area (Å²) < 4.78 is 2.73. The number of nitrogens with zero attached hydrogens (tertiary/aromatic N) is 2. The van der Waals surface area contributed by atoms with Gasteiger partial charge in [-0.1, -0.05) is 44.4 Å². The van der Waals surface area contributed by atoms with E-state index in [0.29, 0.717) is 18.0 Å². The van der Waals surface area contributed by atoms with Gasteiger partial charge in [-0.25, -0.2) is 0 Å². The molecule has 0 bridgehead atoms. The van der Waals surface area contributed by atoms with E-state index in [1.165, 1.54) is 11.3 Å². The minimum atomic E-state index is -0.0963. The Bertz CT molecular complexity index is 867. The molecular weight excluding hydrogens is 354 g/mol. The molecule has 1 N–H and O–H groups in total. The van der Waals surface area contributed by atoms with Gasteiger partial charge in [-0.3, -0.25) is 9.48 Å². The maximum atomic E-state index is 12.4. The third kappa shape index (κ3) is 4.41. The van der Waals surface area contributed by atoms with E-state index in [1.807, 2.05) is 35.0 Å². The summed E-state index contributed by atoms with van der Waals surface area (Å²) in [6.07, 6.45) is 4.35. The van der Waals surface area contributed by atoms with Gasteiger partial charge in [-0.15, -0.1) is 11.3 Å². The van der Waals surface area contributed by atoms with Crippen LogP contribution in [-0.4, -0.2) is 15.7 Å². The lowest BCUT2D eigenvalue weighted by Crippen LogP contribution is -2.22. The quantitative estimate of drug-likeness (QED) is 0.623. The molecule has 0 aliphatic heterocycles. The molecular formula is C19H22ClN3OS. The van der Waals surface area contributed by atoms with Crippen molar-refractivity contribution in [1.29, 1.82) is 0 Å². The number of halogens is 1. The van der Waals surface area contributed by atoms with E-state index >= 15 is 0 Å². The molecule has 0 saturated carbocycles. The number of hydrogen-bond acceptors (Lipinski definition) is 3. The Hall–Kier alpha value is -1.85. The number of nitrogens with one attached hydrogen (secondary N) is 1. The average molecular weight is 376 g/mol. The van der Waals surface area contributed by atoms with Gasteiger partial charge in [0, 0.05) is 28.6 Å². The van der Waals surface area contributed by atoms with Crippen LogP contribution in [0.3, 0.4) is 0 Å². The Kier molecular flexibility index (Phi) is 5.76. The molecule has 0 unspecified atom stereocenters. The summed E-state index contributed by atoms with van der Waals surface area (Å²) in [5, 5.41) is 8.63. The second-order valence-electron chi connectivity index (χ2n) is 6.20. The van der Waals surface area contributed by atoms with E-state index in [1.54, 1.807) is 0 Å². The number of rotatable bonds is 7. The Labute approximate surface area is 156 Å². The Balaban J connectivity index is 1.70. The van der Waals surface area contributed by atoms with Crippen LogP contribution in [0.25, 0.3) is 10.9 Å². The van der Waals surface area contributed by atoms with Crippen molar-refractivity contribution in [3.63, 3.8) is 0 Å². The van der Waals surface area contributed by atoms with Crippen molar-refractivity contribution in [2.75, 3.05) is 0 Å². The van der Waals surface area contributed by atoms with E-state index in [4.69, 9.17) is 11.6 Å². The number of amides is 1. The highest BCUT2D eigenvalue weighted by Gasteiger charge is 2.11. The zero-order valence-electron chi connectivity index (χ0n) is 14.5. The van der Waals surface area contributed by atoms with Crippen molar-refractivity contribution in [2.45, 2.75) is 39.8 Å². The van der Waals surface area contributed by atoms with Crippen LogP contribution in [0.4, 0.5) is 0 Å². The van der Waals surface area contributed by atoms with Gasteiger partial charge in [0.25, 0.3) is 5.91 Å². The maximum absolute atomic E-state index is 12.4. The Morgan fingerprint density at radius 3 is 2.76 bits per heavy atom. The number of thiophene rings is 1. The summed E-state index contributed by atoms with van der Waals surface area (Å²) in [5.41, 5.74) is 1.49. The number of fused-ring (bicyclic) bond motifs is 1. The van der Waals surface area contributed by atoms with Crippen LogP contribution >= 0.6 is 22.9 Å². The van der Waals surface area contributed by atoms with Crippen LogP contribution in [0.2, 0.25) is 4.34 Å². The van der Waals surface area contributed by atoms with E-state index in [-0.39, 0.29) is 5.91 Å². The summed E-state index contributed by atoms with van der Waals surface area (Å²) in [6, 6.07) is 9.43. The predicted octanol–water partition coefficient (Wildman–Crippen LogP) is 5.12. The maximum Gasteiger partial charge on any atom is 0.251 e. The van der Waals surface area contributed by atoms with Gasteiger partial charge in [0.1, 0.15) is 0 Å². The molecule has 4 nitrogen and oxygen atoms in total. The van der Waals surface area contributed by atoms with Crippen LogP contribution in [0.15, 0.2) is 36.5 Å². The van der Waals surface area contributed by atoms with E-state index in [9.17, 15) is 4.79 Å². The van der Waals surface area contributed by atoms with E-state index in [0.717, 1.165) is 39.5 Å². The molecule has 132 valence electrons. The van der Waals surface area contributed by atoms with Gasteiger partial charge in [0.05, 0.1) is 16.4 Å². The molecule has 0 spiro atoms. The third-order valence-electron chi connectivity index (χ3n) is 4.47. The van der Waals surface area contributed by atoms with Crippen molar-refractivity contribution in [2.24, 2.45) is 5.92 Å². The molecule has 1 amide bonds. The van der Waals surface area contributed by atoms with Crippen LogP contribution in [0.1, 0.15) is 41.9 Å². The molecule has 0 aliphatic rings. The van der Waals surface area contributed by atoms with Gasteiger partial charge >= 0.3 is 0 Å². The second kappa shape index (κ2) is 8.02. The minimum absolute atomic E-state index is 0.0963. The van der Waals surface area contributed by atoms with Crippen molar-refractivity contribution >= 4 is 39.7 Å². The molecule has 0 fully saturated rings. The van der Waals surface area contributed by atoms with Crippen LogP contribution in [0, 0.1) is 5.92 Å². The first-order chi connectivity index (χ1) is 12.1. The van der Waals surface area contributed by atoms with Gasteiger partial charge in [0.15, 0.2) is 0 Å². The summed E-state index contributed by atoms with van der Waals surface area (Å²) in [5.74, 6) is 0.538. The first-order valence-corrected chi connectivity index (χ1v) is 9.78. The van der Waals surface area contributed by atoms with Crippen LogP contribution < -0.4 is 5.32 Å². The zero-order chi connectivity index (χ0) is 17.8. The number of carbonyl (C=O) groups excluding carboxylic acids is 1. The van der Waals surface area contributed by atoms with Crippen LogP contribution in [-0.2, 0) is 13.1 Å². The smallest absolute Gasteiger partial charge is 0.251 e. The number of hydrogen-bond donors (Lipinski definition) is 1. The fraction of sp³-hybridized carbons (Fsp3) is 0.368. The molecule has 6 heteroatoms. The van der Waals surface area contributed by atoms with Crippen LogP contribution in [0.5, 0.6) is 0 Å². The molecule has 3 aromatic rings. The largest absolute Gasteiger partial charge is 0.347 e. The second-order valence-corrected chi connectivity index (χ2v) is 8.00. The molecule has 2 aromatic heterocycles. The summed E-state index contributed by atoms with van der Waals surface area (Å²) >= 11 is 7.39. The van der Waals surface area contributed by atoms with Gasteiger partial charge in [-0.05, 0) is 30.2 Å². The lowest BCUT2D eigenvalue weighted by molar-refractivity contribution is 0.0951. The SMILES string of the molecule is CCC(CC)Cn1cc2ccc(C(=O)NCc3ccc(Cl)s3)cc2n1. The molecule has 0 saturated heterocycles. The third-order valence-corrected chi connectivity index (χ3v) is 5.70. The highest BCUT2D eigenvalue weighted by Crippen LogP contribution is 2.21. The molecule has 0 aliphatic carbocycles. The molecule has 3 rings (SSSR count). The normalized spacial score (nSPS) is 11.4. The zero-order valence-corrected chi connectivity index (χ0v) is 16.0. The Morgan fingerprint density at radius 1 is 1.28 bits per heavy atom. The highest BCUT2D eigenvalue weighted by atomic mass is 35.5. The van der Waals surface area contributed by atoms with Gasteiger partial charge in [-0.2, -0.15) is 5.10 Å². The summed E-state index contributed by atoms with van der Waals surface area (Å²) in [4.78, 5) is 13.4. The fourth-order valence-electron chi connectivity index (χ4n) is 2.83. The molecule has 1 aromatic carbocycles. The molecule has 0 radical (unpaired) electrons. The monoisotopic (exact) mass is 375 g/mol. The number of benzene rings is 1. The lowest BCUT2D eigenvalue weighted by atomic mass is 10.0. The number of carbonyl (C=O) groups is 1. The number of aromatic nitrogens is 2. The van der Waals surface area contributed by atoms with E-state index in [2.05, 4.69) is 30.5 Å². The van der Waals surface area contributed by atoms with Crippen molar-refractivity contribution in [3.05, 3.63) is 51.3 Å². The average Bonchev–Trinajstić information content (AvgIpc) is 3.22. The highest BCUT2D eigenvalue weighted by molar-refractivity contribution is 7.16. The van der Waals surface area contributed by atoms with Gasteiger partial charge < -0.3 is 5.32 Å². The molecule has 0 atom stereocenters. The van der Waals surface area contributed by atoms with Crippen molar-refractivity contribution in [3.8, 4) is 0 Å². The minimum Gasteiger partial charge on any atom is -0.347 e. The topological polar surface area (TPSA) is 46.9 Å². The first-order valence-electron chi connectivity index (χ1n) is 8.58. The first kappa shape index (κ1) is 18.0.